The van der Waals surface area contributed by atoms with Crippen molar-refractivity contribution in [3.05, 3.63) is 42.6 Å². The lowest BCUT2D eigenvalue weighted by atomic mass is 10.3. The first-order valence-electron chi connectivity index (χ1n) is 2.71. The number of rotatable bonds is 0. The number of fused-ring (bicyclic) bond motifs is 1. The molecule has 0 N–H and O–H groups in total. The van der Waals surface area contributed by atoms with Gasteiger partial charge in [0.2, 0.25) is 0 Å². The molecule has 0 spiro atoms. The molecule has 2 aliphatic heterocycles. The fraction of sp³-hybridized carbons (Fsp3) is 0. The van der Waals surface area contributed by atoms with Gasteiger partial charge in [0.05, 0.1) is 6.26 Å². The third kappa shape index (κ3) is 0.633. The van der Waals surface area contributed by atoms with E-state index in [-0.39, 0.29) is 0 Å². The van der Waals surface area contributed by atoms with E-state index < -0.39 is 0 Å². The SMILES string of the molecule is [CH]1C=C2OC=CC=C2O1. The molecule has 2 heteroatoms. The Balaban J connectivity index is 2.37. The zero-order valence-corrected chi connectivity index (χ0v) is 4.70. The van der Waals surface area contributed by atoms with Crippen molar-refractivity contribution in [3.63, 3.8) is 0 Å². The average molecular weight is 121 g/mol. The van der Waals surface area contributed by atoms with Crippen LogP contribution in [-0.4, -0.2) is 0 Å². The first-order valence-corrected chi connectivity index (χ1v) is 2.71. The highest BCUT2D eigenvalue weighted by Crippen LogP contribution is 2.24. The van der Waals surface area contributed by atoms with E-state index in [1.165, 1.54) is 0 Å². The summed E-state index contributed by atoms with van der Waals surface area (Å²) in [6.45, 7) is 1.61. The van der Waals surface area contributed by atoms with Crippen LogP contribution in [0.1, 0.15) is 0 Å². The molecule has 45 valence electrons. The molecule has 0 saturated carbocycles. The Kier molecular flexibility index (Phi) is 0.859. The minimum Gasteiger partial charge on any atom is -0.478 e. The van der Waals surface area contributed by atoms with E-state index in [9.17, 15) is 0 Å². The van der Waals surface area contributed by atoms with Crippen LogP contribution in [0.4, 0.5) is 0 Å². The topological polar surface area (TPSA) is 18.5 Å². The number of hydrogen-bond acceptors (Lipinski definition) is 2. The molecule has 2 nitrogen and oxygen atoms in total. The molecule has 0 aromatic carbocycles. The summed E-state index contributed by atoms with van der Waals surface area (Å²) in [7, 11) is 0. The number of allylic oxidation sites excluding steroid dienone is 2. The summed E-state index contributed by atoms with van der Waals surface area (Å²) < 4.78 is 10.1. The van der Waals surface area contributed by atoms with Gasteiger partial charge >= 0.3 is 0 Å². The molecule has 9 heavy (non-hydrogen) atoms. The molecule has 0 aliphatic carbocycles. The van der Waals surface area contributed by atoms with Gasteiger partial charge < -0.3 is 9.47 Å². The van der Waals surface area contributed by atoms with Crippen molar-refractivity contribution < 1.29 is 9.47 Å². The van der Waals surface area contributed by atoms with Crippen molar-refractivity contribution in [2.45, 2.75) is 0 Å². The fourth-order valence-electron chi connectivity index (χ4n) is 0.767. The van der Waals surface area contributed by atoms with E-state index in [4.69, 9.17) is 9.47 Å². The van der Waals surface area contributed by atoms with Crippen LogP contribution in [-0.2, 0) is 9.47 Å². The van der Waals surface area contributed by atoms with Crippen LogP contribution in [0, 0.1) is 6.61 Å². The minimum absolute atomic E-state index is 0.789. The third-order valence-corrected chi connectivity index (χ3v) is 1.18. The molecule has 2 rings (SSSR count). The van der Waals surface area contributed by atoms with Crippen molar-refractivity contribution >= 4 is 0 Å². The molecular weight excluding hydrogens is 116 g/mol. The lowest BCUT2D eigenvalue weighted by Crippen LogP contribution is -1.90. The Hall–Kier alpha value is -1.18. The van der Waals surface area contributed by atoms with Gasteiger partial charge in [-0.15, -0.1) is 0 Å². The Morgan fingerprint density at radius 3 is 2.78 bits per heavy atom. The largest absolute Gasteiger partial charge is 0.478 e. The Morgan fingerprint density at radius 2 is 1.89 bits per heavy atom. The van der Waals surface area contributed by atoms with Gasteiger partial charge in [0.15, 0.2) is 18.1 Å². The zero-order valence-electron chi connectivity index (χ0n) is 4.70. The Bertz CT molecular complexity index is 211. The van der Waals surface area contributed by atoms with Crippen LogP contribution in [0.5, 0.6) is 0 Å². The molecule has 0 aromatic rings. The van der Waals surface area contributed by atoms with Crippen LogP contribution in [0.25, 0.3) is 0 Å². The second-order valence-electron chi connectivity index (χ2n) is 1.76. The molecule has 0 aromatic heterocycles. The maximum atomic E-state index is 5.06. The summed E-state index contributed by atoms with van der Waals surface area (Å²) >= 11 is 0. The van der Waals surface area contributed by atoms with E-state index in [1.807, 2.05) is 6.08 Å². The molecule has 2 heterocycles. The molecule has 0 amide bonds. The molecule has 2 aliphatic rings. The zero-order chi connectivity index (χ0) is 6.10. The van der Waals surface area contributed by atoms with E-state index in [1.54, 1.807) is 25.0 Å². The monoisotopic (exact) mass is 121 g/mol. The second kappa shape index (κ2) is 1.65. The molecule has 0 bridgehead atoms. The van der Waals surface area contributed by atoms with Crippen molar-refractivity contribution in [1.82, 2.24) is 0 Å². The number of ether oxygens (including phenoxy) is 2. The highest BCUT2D eigenvalue weighted by molar-refractivity contribution is 5.33. The fourth-order valence-corrected chi connectivity index (χ4v) is 0.767. The van der Waals surface area contributed by atoms with Gasteiger partial charge in [-0.2, -0.15) is 0 Å². The van der Waals surface area contributed by atoms with Crippen LogP contribution in [0.3, 0.4) is 0 Å². The summed E-state index contributed by atoms with van der Waals surface area (Å²) in [5.41, 5.74) is 0. The first kappa shape index (κ1) is 4.68. The maximum Gasteiger partial charge on any atom is 0.168 e. The first-order chi connectivity index (χ1) is 4.47. The lowest BCUT2D eigenvalue weighted by molar-refractivity contribution is 0.279. The molecule has 0 atom stereocenters. The predicted octanol–water partition coefficient (Wildman–Crippen LogP) is 1.49. The molecular formula is C7H5O2. The predicted molar refractivity (Wildman–Crippen MR) is 31.8 cm³/mol. The summed E-state index contributed by atoms with van der Waals surface area (Å²) in [6.07, 6.45) is 7.07. The van der Waals surface area contributed by atoms with Crippen molar-refractivity contribution in [1.29, 1.82) is 0 Å². The van der Waals surface area contributed by atoms with Crippen molar-refractivity contribution in [2.75, 3.05) is 0 Å². The standard InChI is InChI=1S/C7H5O2/c1-2-6-7(8-4-1)3-5-9-6/h1-5H. The maximum absolute atomic E-state index is 5.06. The average Bonchev–Trinajstić information content (AvgIpc) is 2.33. The highest BCUT2D eigenvalue weighted by atomic mass is 16.5. The van der Waals surface area contributed by atoms with Gasteiger partial charge in [0, 0.05) is 6.08 Å². The normalized spacial score (nSPS) is 21.3. The van der Waals surface area contributed by atoms with E-state index in [2.05, 4.69) is 0 Å². The highest BCUT2D eigenvalue weighted by Gasteiger charge is 2.14. The van der Waals surface area contributed by atoms with E-state index in [0.717, 1.165) is 11.5 Å². The summed E-state index contributed by atoms with van der Waals surface area (Å²) in [5, 5.41) is 0. The van der Waals surface area contributed by atoms with E-state index >= 15 is 0 Å². The molecule has 1 radical (unpaired) electrons. The van der Waals surface area contributed by atoms with Gasteiger partial charge in [-0.3, -0.25) is 0 Å². The van der Waals surface area contributed by atoms with Gasteiger partial charge in [0.25, 0.3) is 0 Å². The smallest absolute Gasteiger partial charge is 0.168 e. The Labute approximate surface area is 53.1 Å². The van der Waals surface area contributed by atoms with Gasteiger partial charge in [-0.05, 0) is 12.2 Å². The Morgan fingerprint density at radius 1 is 1.00 bits per heavy atom. The molecule has 0 fully saturated rings. The van der Waals surface area contributed by atoms with Crippen molar-refractivity contribution in [3.8, 4) is 0 Å². The summed E-state index contributed by atoms with van der Waals surface area (Å²) in [6, 6.07) is 0. The summed E-state index contributed by atoms with van der Waals surface area (Å²) in [5.74, 6) is 1.58. The quantitative estimate of drug-likeness (QED) is 0.483. The summed E-state index contributed by atoms with van der Waals surface area (Å²) in [4.78, 5) is 0. The second-order valence-corrected chi connectivity index (χ2v) is 1.76. The van der Waals surface area contributed by atoms with Crippen LogP contribution in [0.2, 0.25) is 0 Å². The van der Waals surface area contributed by atoms with Crippen LogP contribution >= 0.6 is 0 Å². The van der Waals surface area contributed by atoms with Gasteiger partial charge in [-0.1, -0.05) is 0 Å². The van der Waals surface area contributed by atoms with E-state index in [0.29, 0.717) is 0 Å². The van der Waals surface area contributed by atoms with Gasteiger partial charge in [0.1, 0.15) is 0 Å². The minimum atomic E-state index is 0.789. The molecule has 0 saturated heterocycles. The van der Waals surface area contributed by atoms with Crippen LogP contribution < -0.4 is 0 Å². The molecule has 0 unspecified atom stereocenters. The third-order valence-electron chi connectivity index (χ3n) is 1.18. The number of hydrogen-bond donors (Lipinski definition) is 0. The van der Waals surface area contributed by atoms with Gasteiger partial charge in [-0.25, -0.2) is 0 Å². The van der Waals surface area contributed by atoms with Crippen molar-refractivity contribution in [2.24, 2.45) is 0 Å². The lowest BCUT2D eigenvalue weighted by Gasteiger charge is -2.05. The van der Waals surface area contributed by atoms with Crippen LogP contribution in [0.15, 0.2) is 36.0 Å².